The third-order valence-corrected chi connectivity index (χ3v) is 6.41. The fourth-order valence-electron chi connectivity index (χ4n) is 5.47. The van der Waals surface area contributed by atoms with Crippen molar-refractivity contribution in [3.63, 3.8) is 0 Å². The SMILES string of the molecule is C=C[C@@]12O[C@]1(C)CC[C@H]1C(C)(C)CCC[C@@]12C. The van der Waals surface area contributed by atoms with Crippen LogP contribution in [0, 0.1) is 16.7 Å². The summed E-state index contributed by atoms with van der Waals surface area (Å²) in [6, 6.07) is 0. The largest absolute Gasteiger partial charge is 0.358 e. The van der Waals surface area contributed by atoms with Crippen molar-refractivity contribution in [2.75, 3.05) is 0 Å². The van der Waals surface area contributed by atoms with Crippen molar-refractivity contribution in [3.05, 3.63) is 12.7 Å². The van der Waals surface area contributed by atoms with Crippen LogP contribution in [-0.2, 0) is 4.74 Å². The first-order valence-electron chi connectivity index (χ1n) is 7.15. The standard InChI is InChI=1S/C16H26O/c1-6-16-14(4)10-7-9-13(2,3)12(14)8-11-15(16,5)17-16/h6,12H,1,7-11H2,2-5H3/t12-,14-,15+,16-/m0/s1. The van der Waals surface area contributed by atoms with Crippen LogP contribution in [-0.4, -0.2) is 11.2 Å². The van der Waals surface area contributed by atoms with E-state index in [0.29, 0.717) is 10.8 Å². The monoisotopic (exact) mass is 234 g/mol. The number of hydrogen-bond donors (Lipinski definition) is 0. The van der Waals surface area contributed by atoms with Gasteiger partial charge in [-0.1, -0.05) is 33.3 Å². The third-order valence-electron chi connectivity index (χ3n) is 6.41. The van der Waals surface area contributed by atoms with Crippen LogP contribution < -0.4 is 0 Å². The van der Waals surface area contributed by atoms with E-state index in [1.54, 1.807) is 0 Å². The van der Waals surface area contributed by atoms with Gasteiger partial charge in [-0.05, 0) is 43.9 Å². The predicted molar refractivity (Wildman–Crippen MR) is 70.9 cm³/mol. The van der Waals surface area contributed by atoms with Gasteiger partial charge < -0.3 is 4.74 Å². The summed E-state index contributed by atoms with van der Waals surface area (Å²) in [5.74, 6) is 0.789. The second kappa shape index (κ2) is 2.99. The van der Waals surface area contributed by atoms with Gasteiger partial charge in [0.2, 0.25) is 0 Å². The first-order chi connectivity index (χ1) is 7.81. The summed E-state index contributed by atoms with van der Waals surface area (Å²) in [6.45, 7) is 13.8. The van der Waals surface area contributed by atoms with Gasteiger partial charge >= 0.3 is 0 Å². The molecule has 3 fully saturated rings. The molecule has 3 rings (SSSR count). The molecule has 0 unspecified atom stereocenters. The van der Waals surface area contributed by atoms with E-state index in [4.69, 9.17) is 4.74 Å². The summed E-state index contributed by atoms with van der Waals surface area (Å²) in [7, 11) is 0. The number of hydrogen-bond acceptors (Lipinski definition) is 1. The van der Waals surface area contributed by atoms with Gasteiger partial charge in [0.25, 0.3) is 0 Å². The third kappa shape index (κ3) is 1.15. The van der Waals surface area contributed by atoms with E-state index in [0.717, 1.165) is 5.92 Å². The first-order valence-corrected chi connectivity index (χ1v) is 7.15. The molecule has 2 saturated carbocycles. The number of fused-ring (bicyclic) bond motifs is 3. The van der Waals surface area contributed by atoms with Crippen LogP contribution in [0.15, 0.2) is 12.7 Å². The normalized spacial score (nSPS) is 55.6. The molecule has 0 N–H and O–H groups in total. The molecule has 3 aliphatic rings. The topological polar surface area (TPSA) is 12.5 Å². The highest BCUT2D eigenvalue weighted by molar-refractivity contribution is 5.33. The summed E-state index contributed by atoms with van der Waals surface area (Å²) in [5, 5.41) is 0. The van der Waals surface area contributed by atoms with E-state index in [1.165, 1.54) is 32.1 Å². The van der Waals surface area contributed by atoms with Crippen molar-refractivity contribution < 1.29 is 4.74 Å². The fraction of sp³-hybridized carbons (Fsp3) is 0.875. The highest BCUT2D eigenvalue weighted by atomic mass is 16.6. The lowest BCUT2D eigenvalue weighted by atomic mass is 9.46. The Bertz CT molecular complexity index is 372. The molecule has 0 aromatic carbocycles. The van der Waals surface area contributed by atoms with Crippen molar-refractivity contribution in [2.45, 2.75) is 71.0 Å². The van der Waals surface area contributed by atoms with Crippen LogP contribution in [0.1, 0.15) is 59.8 Å². The zero-order chi connectivity index (χ0) is 12.5. The Balaban J connectivity index is 2.06. The molecule has 2 aliphatic carbocycles. The molecule has 4 atom stereocenters. The predicted octanol–water partition coefficient (Wildman–Crippen LogP) is 4.33. The Labute approximate surface area is 106 Å². The van der Waals surface area contributed by atoms with Crippen molar-refractivity contribution >= 4 is 0 Å². The molecule has 0 spiro atoms. The van der Waals surface area contributed by atoms with Gasteiger partial charge in [0, 0.05) is 5.41 Å². The minimum atomic E-state index is -0.0272. The summed E-state index contributed by atoms with van der Waals surface area (Å²) in [6.07, 6.45) is 8.69. The Kier molecular flexibility index (Phi) is 2.07. The molecular formula is C16H26O. The van der Waals surface area contributed by atoms with E-state index < -0.39 is 0 Å². The molecule has 96 valence electrons. The van der Waals surface area contributed by atoms with E-state index in [9.17, 15) is 0 Å². The lowest BCUT2D eigenvalue weighted by molar-refractivity contribution is -0.0540. The zero-order valence-corrected chi connectivity index (χ0v) is 11.8. The average molecular weight is 234 g/mol. The maximum Gasteiger partial charge on any atom is 0.121 e. The van der Waals surface area contributed by atoms with E-state index >= 15 is 0 Å². The summed E-state index contributed by atoms with van der Waals surface area (Å²) in [4.78, 5) is 0. The van der Waals surface area contributed by atoms with Crippen molar-refractivity contribution in [3.8, 4) is 0 Å². The van der Waals surface area contributed by atoms with E-state index in [-0.39, 0.29) is 11.2 Å². The van der Waals surface area contributed by atoms with Gasteiger partial charge in [0.15, 0.2) is 0 Å². The molecule has 0 radical (unpaired) electrons. The smallest absolute Gasteiger partial charge is 0.121 e. The van der Waals surface area contributed by atoms with Gasteiger partial charge in [-0.2, -0.15) is 0 Å². The van der Waals surface area contributed by atoms with Gasteiger partial charge in [-0.25, -0.2) is 0 Å². The molecule has 17 heavy (non-hydrogen) atoms. The second-order valence-electron chi connectivity index (χ2n) is 7.62. The Hall–Kier alpha value is -0.300. The van der Waals surface area contributed by atoms with Gasteiger partial charge in [0.05, 0.1) is 5.60 Å². The maximum absolute atomic E-state index is 6.25. The fourth-order valence-corrected chi connectivity index (χ4v) is 5.47. The summed E-state index contributed by atoms with van der Waals surface area (Å²) in [5.41, 5.74) is 0.841. The first kappa shape index (κ1) is 11.8. The van der Waals surface area contributed by atoms with Crippen LogP contribution >= 0.6 is 0 Å². The highest BCUT2D eigenvalue weighted by Crippen LogP contribution is 2.73. The Morgan fingerprint density at radius 3 is 2.47 bits per heavy atom. The Morgan fingerprint density at radius 1 is 1.12 bits per heavy atom. The average Bonchev–Trinajstić information content (AvgIpc) is 2.85. The van der Waals surface area contributed by atoms with Crippen molar-refractivity contribution in [2.24, 2.45) is 16.7 Å². The van der Waals surface area contributed by atoms with E-state index in [1.807, 2.05) is 0 Å². The van der Waals surface area contributed by atoms with Crippen LogP contribution in [0.25, 0.3) is 0 Å². The molecule has 0 amide bonds. The minimum absolute atomic E-state index is 0.0272. The molecule has 1 nitrogen and oxygen atoms in total. The number of ether oxygens (including phenoxy) is 1. The molecule has 0 aromatic rings. The van der Waals surface area contributed by atoms with Crippen LogP contribution in [0.2, 0.25) is 0 Å². The molecule has 0 aromatic heterocycles. The summed E-state index contributed by atoms with van der Waals surface area (Å²) >= 11 is 0. The molecule has 0 bridgehead atoms. The lowest BCUT2D eigenvalue weighted by Crippen LogP contribution is -2.55. The molecule has 1 heteroatoms. The summed E-state index contributed by atoms with van der Waals surface area (Å²) < 4.78 is 6.25. The van der Waals surface area contributed by atoms with Crippen molar-refractivity contribution in [1.82, 2.24) is 0 Å². The second-order valence-corrected chi connectivity index (χ2v) is 7.62. The number of epoxide rings is 1. The Morgan fingerprint density at radius 2 is 1.82 bits per heavy atom. The lowest BCUT2D eigenvalue weighted by Gasteiger charge is -2.56. The van der Waals surface area contributed by atoms with Gasteiger partial charge in [-0.3, -0.25) is 0 Å². The maximum atomic E-state index is 6.25. The molecule has 1 saturated heterocycles. The van der Waals surface area contributed by atoms with Crippen LogP contribution in [0.5, 0.6) is 0 Å². The molecular weight excluding hydrogens is 208 g/mol. The van der Waals surface area contributed by atoms with Gasteiger partial charge in [0.1, 0.15) is 5.60 Å². The quantitative estimate of drug-likeness (QED) is 0.486. The van der Waals surface area contributed by atoms with Crippen LogP contribution in [0.3, 0.4) is 0 Å². The van der Waals surface area contributed by atoms with Crippen LogP contribution in [0.4, 0.5) is 0 Å². The zero-order valence-electron chi connectivity index (χ0n) is 11.8. The molecule has 1 aliphatic heterocycles. The van der Waals surface area contributed by atoms with E-state index in [2.05, 4.69) is 40.3 Å². The molecule has 1 heterocycles. The highest BCUT2D eigenvalue weighted by Gasteiger charge is 2.77. The number of rotatable bonds is 1. The minimum Gasteiger partial charge on any atom is -0.358 e. The van der Waals surface area contributed by atoms with Gasteiger partial charge in [-0.15, -0.1) is 6.58 Å². The van der Waals surface area contributed by atoms with Crippen molar-refractivity contribution in [1.29, 1.82) is 0 Å².